The molecule has 0 radical (unpaired) electrons. The van der Waals surface area contributed by atoms with Gasteiger partial charge in [0.25, 0.3) is 11.8 Å². The van der Waals surface area contributed by atoms with Gasteiger partial charge >= 0.3 is 0 Å². The van der Waals surface area contributed by atoms with Crippen molar-refractivity contribution in [2.75, 3.05) is 13.1 Å². The van der Waals surface area contributed by atoms with E-state index in [1.807, 2.05) is 39.8 Å². The highest BCUT2D eigenvalue weighted by Crippen LogP contribution is 2.25. The van der Waals surface area contributed by atoms with E-state index in [0.29, 0.717) is 22.6 Å². The molecule has 2 N–H and O–H groups in total. The molecule has 2 aromatic carbocycles. The molecule has 0 atom stereocenters. The lowest BCUT2D eigenvalue weighted by Gasteiger charge is -2.16. The summed E-state index contributed by atoms with van der Waals surface area (Å²) in [5.74, 6) is 0.485. The summed E-state index contributed by atoms with van der Waals surface area (Å²) in [5.41, 5.74) is 0.869. The Labute approximate surface area is 194 Å². The van der Waals surface area contributed by atoms with Crippen LogP contribution in [0.5, 0.6) is 11.5 Å². The fourth-order valence-corrected chi connectivity index (χ4v) is 3.34. The van der Waals surface area contributed by atoms with Crippen LogP contribution in [0.1, 0.15) is 48.4 Å². The lowest BCUT2D eigenvalue weighted by molar-refractivity contribution is 0.0921. The SMILES string of the molecule is CC(C)Oc1ccc(Br)cc1C(=O)NCCNC(=O)c1cc(Br)ccc1OC(C)C. The number of amides is 2. The van der Waals surface area contributed by atoms with Gasteiger partial charge in [-0.05, 0) is 64.1 Å². The van der Waals surface area contributed by atoms with Crippen LogP contribution < -0.4 is 20.1 Å². The van der Waals surface area contributed by atoms with Gasteiger partial charge in [-0.2, -0.15) is 0 Å². The molecule has 0 aliphatic rings. The Kier molecular flexibility index (Phi) is 9.17. The monoisotopic (exact) mass is 540 g/mol. The topological polar surface area (TPSA) is 76.7 Å². The molecule has 0 unspecified atom stereocenters. The van der Waals surface area contributed by atoms with Crippen molar-refractivity contribution in [2.45, 2.75) is 39.9 Å². The first-order valence-electron chi connectivity index (χ1n) is 9.66. The smallest absolute Gasteiger partial charge is 0.255 e. The van der Waals surface area contributed by atoms with Gasteiger partial charge in [-0.1, -0.05) is 31.9 Å². The highest BCUT2D eigenvalue weighted by Gasteiger charge is 2.16. The van der Waals surface area contributed by atoms with E-state index in [2.05, 4.69) is 42.5 Å². The van der Waals surface area contributed by atoms with Crippen molar-refractivity contribution >= 4 is 43.7 Å². The first-order valence-corrected chi connectivity index (χ1v) is 11.2. The summed E-state index contributed by atoms with van der Waals surface area (Å²) in [5, 5.41) is 5.62. The lowest BCUT2D eigenvalue weighted by Crippen LogP contribution is -2.35. The number of carbonyl (C=O) groups excluding carboxylic acids is 2. The molecule has 0 saturated heterocycles. The van der Waals surface area contributed by atoms with E-state index in [9.17, 15) is 9.59 Å². The molecule has 0 fully saturated rings. The van der Waals surface area contributed by atoms with Crippen molar-refractivity contribution in [2.24, 2.45) is 0 Å². The number of hydrogen-bond donors (Lipinski definition) is 2. The molecule has 162 valence electrons. The zero-order chi connectivity index (χ0) is 22.3. The molecule has 2 amide bonds. The number of rotatable bonds is 9. The summed E-state index contributed by atoms with van der Waals surface area (Å²) in [6.07, 6.45) is -0.103. The quantitative estimate of drug-likeness (QED) is 0.440. The summed E-state index contributed by atoms with van der Waals surface area (Å²) in [6.45, 7) is 8.15. The van der Waals surface area contributed by atoms with Crippen LogP contribution in [0.4, 0.5) is 0 Å². The molecule has 0 aromatic heterocycles. The maximum absolute atomic E-state index is 12.6. The molecule has 2 rings (SSSR count). The molecule has 0 heterocycles. The van der Waals surface area contributed by atoms with Crippen LogP contribution in [0.15, 0.2) is 45.3 Å². The summed E-state index contributed by atoms with van der Waals surface area (Å²) >= 11 is 6.76. The highest BCUT2D eigenvalue weighted by molar-refractivity contribution is 9.10. The maximum Gasteiger partial charge on any atom is 0.255 e. The molecule has 2 aromatic rings. The predicted octanol–water partition coefficient (Wildman–Crippen LogP) is 4.95. The molecular weight excluding hydrogens is 516 g/mol. The van der Waals surface area contributed by atoms with Gasteiger partial charge in [-0.3, -0.25) is 9.59 Å². The lowest BCUT2D eigenvalue weighted by atomic mass is 10.2. The Hall–Kier alpha value is -2.06. The zero-order valence-corrected chi connectivity index (χ0v) is 20.6. The summed E-state index contributed by atoms with van der Waals surface area (Å²) in [6, 6.07) is 10.6. The Morgan fingerprint density at radius 3 is 1.47 bits per heavy atom. The molecule has 30 heavy (non-hydrogen) atoms. The van der Waals surface area contributed by atoms with Gasteiger partial charge in [0.15, 0.2) is 0 Å². The van der Waals surface area contributed by atoms with Crippen molar-refractivity contribution < 1.29 is 19.1 Å². The number of nitrogens with one attached hydrogen (secondary N) is 2. The largest absolute Gasteiger partial charge is 0.490 e. The van der Waals surface area contributed by atoms with Crippen molar-refractivity contribution in [3.05, 3.63) is 56.5 Å². The molecule has 0 bridgehead atoms. The molecule has 6 nitrogen and oxygen atoms in total. The second kappa shape index (κ2) is 11.4. The summed E-state index contributed by atoms with van der Waals surface area (Å²) in [4.78, 5) is 25.2. The number of halogens is 2. The van der Waals surface area contributed by atoms with Crippen molar-refractivity contribution in [1.29, 1.82) is 0 Å². The third kappa shape index (κ3) is 7.32. The maximum atomic E-state index is 12.6. The Morgan fingerprint density at radius 2 is 1.13 bits per heavy atom. The van der Waals surface area contributed by atoms with E-state index in [-0.39, 0.29) is 37.1 Å². The molecular formula is C22H26Br2N2O4. The second-order valence-electron chi connectivity index (χ2n) is 7.13. The zero-order valence-electron chi connectivity index (χ0n) is 17.4. The Balaban J connectivity index is 1.96. The fourth-order valence-electron chi connectivity index (χ4n) is 2.62. The van der Waals surface area contributed by atoms with Crippen LogP contribution in [0.3, 0.4) is 0 Å². The second-order valence-corrected chi connectivity index (χ2v) is 8.96. The van der Waals surface area contributed by atoms with Crippen LogP contribution in [0, 0.1) is 0 Å². The van der Waals surface area contributed by atoms with E-state index in [1.165, 1.54) is 0 Å². The number of carbonyl (C=O) groups is 2. The van der Waals surface area contributed by atoms with Gasteiger partial charge in [0.2, 0.25) is 0 Å². The number of benzene rings is 2. The van der Waals surface area contributed by atoms with Crippen LogP contribution in [-0.2, 0) is 0 Å². The van der Waals surface area contributed by atoms with Crippen LogP contribution in [0.25, 0.3) is 0 Å². The van der Waals surface area contributed by atoms with E-state index in [4.69, 9.17) is 9.47 Å². The standard InChI is InChI=1S/C22H26Br2N2O4/c1-13(2)29-19-7-5-15(23)11-17(19)21(27)25-9-10-26-22(28)18-12-16(24)6-8-20(18)30-14(3)4/h5-8,11-14H,9-10H2,1-4H3,(H,25,27)(H,26,28). The van der Waals surface area contributed by atoms with E-state index in [1.54, 1.807) is 24.3 Å². The summed E-state index contributed by atoms with van der Waals surface area (Å²) in [7, 11) is 0. The van der Waals surface area contributed by atoms with Crippen molar-refractivity contribution in [3.8, 4) is 11.5 Å². The van der Waals surface area contributed by atoms with E-state index >= 15 is 0 Å². The minimum absolute atomic E-state index is 0.0514. The van der Waals surface area contributed by atoms with Gasteiger partial charge < -0.3 is 20.1 Å². The Morgan fingerprint density at radius 1 is 0.767 bits per heavy atom. The minimum atomic E-state index is -0.271. The molecule has 0 saturated carbocycles. The normalized spacial score (nSPS) is 10.8. The van der Waals surface area contributed by atoms with Crippen molar-refractivity contribution in [1.82, 2.24) is 10.6 Å². The van der Waals surface area contributed by atoms with Gasteiger partial charge in [-0.15, -0.1) is 0 Å². The first-order chi connectivity index (χ1) is 14.2. The van der Waals surface area contributed by atoms with E-state index in [0.717, 1.165) is 8.95 Å². The van der Waals surface area contributed by atoms with Gasteiger partial charge in [0.05, 0.1) is 23.3 Å². The number of ether oxygens (including phenoxy) is 2. The van der Waals surface area contributed by atoms with Crippen molar-refractivity contribution in [3.63, 3.8) is 0 Å². The summed E-state index contributed by atoms with van der Waals surface area (Å²) < 4.78 is 13.0. The van der Waals surface area contributed by atoms with E-state index < -0.39 is 0 Å². The fraction of sp³-hybridized carbons (Fsp3) is 0.364. The third-order valence-corrected chi connectivity index (χ3v) is 4.78. The van der Waals surface area contributed by atoms with Gasteiger partial charge in [0.1, 0.15) is 11.5 Å². The molecule has 0 aliphatic heterocycles. The Bertz CT molecular complexity index is 827. The average molecular weight is 542 g/mol. The van der Waals surface area contributed by atoms with Crippen LogP contribution >= 0.6 is 31.9 Å². The number of hydrogen-bond acceptors (Lipinski definition) is 4. The molecule has 0 aliphatic carbocycles. The van der Waals surface area contributed by atoms with Crippen LogP contribution in [0.2, 0.25) is 0 Å². The van der Waals surface area contributed by atoms with Gasteiger partial charge in [0, 0.05) is 22.0 Å². The highest BCUT2D eigenvalue weighted by atomic mass is 79.9. The average Bonchev–Trinajstić information content (AvgIpc) is 2.67. The first kappa shape index (κ1) is 24.2. The molecule has 0 spiro atoms. The third-order valence-electron chi connectivity index (χ3n) is 3.79. The molecule has 8 heteroatoms. The van der Waals surface area contributed by atoms with Gasteiger partial charge in [-0.25, -0.2) is 0 Å². The minimum Gasteiger partial charge on any atom is -0.490 e. The predicted molar refractivity (Wildman–Crippen MR) is 124 cm³/mol. The van der Waals surface area contributed by atoms with Crippen LogP contribution in [-0.4, -0.2) is 37.1 Å².